The number of aryl methyl sites for hydroxylation is 1. The van der Waals surface area contributed by atoms with E-state index in [4.69, 9.17) is 9.47 Å². The first kappa shape index (κ1) is 19.6. The van der Waals surface area contributed by atoms with Gasteiger partial charge in [-0.1, -0.05) is 18.2 Å². The highest BCUT2D eigenvalue weighted by atomic mass is 16.6. The van der Waals surface area contributed by atoms with Crippen molar-refractivity contribution >= 4 is 11.7 Å². The molecule has 0 N–H and O–H groups in total. The van der Waals surface area contributed by atoms with Gasteiger partial charge in [-0.25, -0.2) is 4.79 Å². The van der Waals surface area contributed by atoms with Crippen LogP contribution in [0.3, 0.4) is 0 Å². The van der Waals surface area contributed by atoms with Crippen molar-refractivity contribution < 1.29 is 19.2 Å². The number of non-ortho nitro benzene ring substituents is 1. The summed E-state index contributed by atoms with van der Waals surface area (Å²) in [6.07, 6.45) is 1.58. The van der Waals surface area contributed by atoms with E-state index in [0.29, 0.717) is 28.2 Å². The van der Waals surface area contributed by atoms with Gasteiger partial charge in [0.05, 0.1) is 23.2 Å². The van der Waals surface area contributed by atoms with E-state index in [2.05, 4.69) is 6.07 Å². The van der Waals surface area contributed by atoms with Gasteiger partial charge < -0.3 is 14.0 Å². The molecule has 0 saturated heterocycles. The molecule has 29 heavy (non-hydrogen) atoms. The van der Waals surface area contributed by atoms with Crippen molar-refractivity contribution in [1.82, 2.24) is 4.57 Å². The molecule has 0 unspecified atom stereocenters. The molecule has 8 heteroatoms. The molecule has 0 aliphatic carbocycles. The minimum Gasteiger partial charge on any atom is -0.461 e. The first-order valence-electron chi connectivity index (χ1n) is 8.74. The van der Waals surface area contributed by atoms with Crippen LogP contribution in [0, 0.1) is 21.4 Å². The van der Waals surface area contributed by atoms with Crippen molar-refractivity contribution in [1.29, 1.82) is 5.26 Å². The van der Waals surface area contributed by atoms with Crippen LogP contribution in [0.25, 0.3) is 11.1 Å². The summed E-state index contributed by atoms with van der Waals surface area (Å²) in [6, 6.07) is 14.7. The van der Waals surface area contributed by atoms with Gasteiger partial charge in [0.15, 0.2) is 0 Å². The van der Waals surface area contributed by atoms with Crippen molar-refractivity contribution in [2.75, 3.05) is 6.61 Å². The molecule has 0 radical (unpaired) electrons. The van der Waals surface area contributed by atoms with Gasteiger partial charge in [-0.15, -0.1) is 0 Å². The van der Waals surface area contributed by atoms with E-state index < -0.39 is 10.9 Å². The molecule has 3 aromatic rings. The summed E-state index contributed by atoms with van der Waals surface area (Å²) in [4.78, 5) is 22.7. The molecule has 0 amide bonds. The maximum atomic E-state index is 12.4. The summed E-state index contributed by atoms with van der Waals surface area (Å²) >= 11 is 0. The summed E-state index contributed by atoms with van der Waals surface area (Å²) in [5.74, 6) is 0.279. The van der Waals surface area contributed by atoms with Crippen molar-refractivity contribution in [2.24, 2.45) is 7.05 Å². The van der Waals surface area contributed by atoms with Crippen LogP contribution in [-0.4, -0.2) is 22.1 Å². The zero-order valence-corrected chi connectivity index (χ0v) is 15.8. The number of nitro benzene ring substituents is 1. The minimum absolute atomic E-state index is 0.0684. The molecule has 1 aromatic heterocycles. The molecule has 2 aromatic carbocycles. The van der Waals surface area contributed by atoms with E-state index in [9.17, 15) is 20.2 Å². The van der Waals surface area contributed by atoms with Crippen LogP contribution >= 0.6 is 0 Å². The Hall–Kier alpha value is -4.12. The highest BCUT2D eigenvalue weighted by Gasteiger charge is 2.22. The van der Waals surface area contributed by atoms with E-state index >= 15 is 0 Å². The van der Waals surface area contributed by atoms with Crippen molar-refractivity contribution in [2.45, 2.75) is 6.92 Å². The second kappa shape index (κ2) is 8.27. The van der Waals surface area contributed by atoms with E-state index in [1.54, 1.807) is 55.1 Å². The quantitative estimate of drug-likeness (QED) is 0.349. The summed E-state index contributed by atoms with van der Waals surface area (Å²) in [5, 5.41) is 20.3. The van der Waals surface area contributed by atoms with Crippen LogP contribution in [0.1, 0.15) is 23.0 Å². The van der Waals surface area contributed by atoms with Crippen LogP contribution < -0.4 is 4.74 Å². The summed E-state index contributed by atoms with van der Waals surface area (Å²) < 4.78 is 12.4. The lowest BCUT2D eigenvalue weighted by atomic mass is 10.0. The summed E-state index contributed by atoms with van der Waals surface area (Å²) in [7, 11) is 1.68. The number of ether oxygens (including phenoxy) is 2. The number of benzene rings is 2. The van der Waals surface area contributed by atoms with Crippen molar-refractivity contribution in [3.8, 4) is 28.7 Å². The molecule has 0 atom stereocenters. The Morgan fingerprint density at radius 2 is 1.93 bits per heavy atom. The second-order valence-electron chi connectivity index (χ2n) is 6.09. The number of nitro groups is 1. The van der Waals surface area contributed by atoms with Crippen LogP contribution in [0.15, 0.2) is 54.7 Å². The lowest BCUT2D eigenvalue weighted by Gasteiger charge is -2.09. The average molecular weight is 391 g/mol. The van der Waals surface area contributed by atoms with E-state index in [0.717, 1.165) is 0 Å². The van der Waals surface area contributed by atoms with Crippen molar-refractivity contribution in [3.05, 3.63) is 76.1 Å². The van der Waals surface area contributed by atoms with Crippen LogP contribution in [0.2, 0.25) is 0 Å². The topological polar surface area (TPSA) is 107 Å². The molecular formula is C21H17N3O5. The number of hydrogen-bond donors (Lipinski definition) is 0. The Morgan fingerprint density at radius 3 is 2.55 bits per heavy atom. The molecule has 0 aliphatic rings. The lowest BCUT2D eigenvalue weighted by Crippen LogP contribution is -2.10. The largest absolute Gasteiger partial charge is 0.461 e. The fraction of sp³-hybridized carbons (Fsp3) is 0.143. The minimum atomic E-state index is -0.511. The van der Waals surface area contributed by atoms with Gasteiger partial charge >= 0.3 is 5.97 Å². The zero-order chi connectivity index (χ0) is 21.0. The summed E-state index contributed by atoms with van der Waals surface area (Å²) in [6.45, 7) is 1.94. The number of esters is 1. The van der Waals surface area contributed by atoms with Crippen LogP contribution in [0.4, 0.5) is 5.69 Å². The van der Waals surface area contributed by atoms with E-state index in [1.165, 1.54) is 18.2 Å². The van der Waals surface area contributed by atoms with Gasteiger partial charge in [-0.05, 0) is 30.7 Å². The van der Waals surface area contributed by atoms with Gasteiger partial charge in [-0.2, -0.15) is 5.26 Å². The van der Waals surface area contributed by atoms with Gasteiger partial charge in [0.1, 0.15) is 23.3 Å². The van der Waals surface area contributed by atoms with E-state index in [1.807, 2.05) is 0 Å². The van der Waals surface area contributed by atoms with Gasteiger partial charge in [0, 0.05) is 24.9 Å². The summed E-state index contributed by atoms with van der Waals surface area (Å²) in [5.41, 5.74) is 1.70. The Kier molecular flexibility index (Phi) is 5.60. The number of nitriles is 1. The number of carbonyl (C=O) groups is 1. The average Bonchev–Trinajstić information content (AvgIpc) is 3.05. The highest BCUT2D eigenvalue weighted by molar-refractivity contribution is 5.97. The van der Waals surface area contributed by atoms with Crippen molar-refractivity contribution in [3.63, 3.8) is 0 Å². The number of rotatable bonds is 6. The molecule has 0 fully saturated rings. The maximum absolute atomic E-state index is 12.4. The molecule has 3 rings (SSSR count). The molecule has 0 aliphatic heterocycles. The highest BCUT2D eigenvalue weighted by Crippen LogP contribution is 2.32. The maximum Gasteiger partial charge on any atom is 0.355 e. The Labute approximate surface area is 166 Å². The molecule has 146 valence electrons. The molecule has 0 saturated carbocycles. The Morgan fingerprint density at radius 1 is 1.21 bits per heavy atom. The number of carbonyl (C=O) groups excluding carboxylic acids is 1. The van der Waals surface area contributed by atoms with E-state index in [-0.39, 0.29) is 18.0 Å². The first-order chi connectivity index (χ1) is 13.9. The standard InChI is InChI=1S/C21H17N3O5/c1-3-28-21(25)20-19(15(12-22)13-23(20)2)14-7-9-17(10-8-14)29-18-6-4-5-16(11-18)24(26)27/h4-11,13H,3H2,1-2H3. The fourth-order valence-electron chi connectivity index (χ4n) is 2.94. The predicted molar refractivity (Wildman–Crippen MR) is 105 cm³/mol. The number of aromatic nitrogens is 1. The lowest BCUT2D eigenvalue weighted by molar-refractivity contribution is -0.384. The monoisotopic (exact) mass is 391 g/mol. The molecular weight excluding hydrogens is 374 g/mol. The third kappa shape index (κ3) is 4.09. The molecule has 0 spiro atoms. The second-order valence-corrected chi connectivity index (χ2v) is 6.09. The van der Waals surface area contributed by atoms with Crippen LogP contribution in [0.5, 0.6) is 11.5 Å². The number of hydrogen-bond acceptors (Lipinski definition) is 6. The smallest absolute Gasteiger partial charge is 0.355 e. The third-order valence-corrected chi connectivity index (χ3v) is 4.18. The first-order valence-corrected chi connectivity index (χ1v) is 8.74. The van der Waals surface area contributed by atoms with Gasteiger partial charge in [0.2, 0.25) is 0 Å². The molecule has 1 heterocycles. The predicted octanol–water partition coefficient (Wildman–Crippen LogP) is 4.44. The number of nitrogens with zero attached hydrogens (tertiary/aromatic N) is 3. The van der Waals surface area contributed by atoms with Crippen LogP contribution in [-0.2, 0) is 11.8 Å². The normalized spacial score (nSPS) is 10.2. The SMILES string of the molecule is CCOC(=O)c1c(-c2ccc(Oc3cccc([N+](=O)[O-])c3)cc2)c(C#N)cn1C. The molecule has 8 nitrogen and oxygen atoms in total. The molecule has 0 bridgehead atoms. The van der Waals surface area contributed by atoms with Gasteiger partial charge in [-0.3, -0.25) is 10.1 Å². The third-order valence-electron chi connectivity index (χ3n) is 4.18. The Bertz CT molecular complexity index is 1110. The fourth-order valence-corrected chi connectivity index (χ4v) is 2.94. The Balaban J connectivity index is 1.93. The zero-order valence-electron chi connectivity index (χ0n) is 15.8. The van der Waals surface area contributed by atoms with Gasteiger partial charge in [0.25, 0.3) is 5.69 Å².